The first-order valence-corrected chi connectivity index (χ1v) is 13.5. The molecule has 4 aromatic carbocycles. The normalized spacial score (nSPS) is 13.1. The van der Waals surface area contributed by atoms with Gasteiger partial charge in [-0.05, 0) is 108 Å². The van der Waals surface area contributed by atoms with E-state index in [1.807, 2.05) is 13.8 Å². The third-order valence-electron chi connectivity index (χ3n) is 8.69. The number of ether oxygens (including phenoxy) is 1. The summed E-state index contributed by atoms with van der Waals surface area (Å²) >= 11 is 0. The number of aromatic nitrogens is 2. The number of nitrogens with zero attached hydrogens (tertiary/aromatic N) is 2. The van der Waals surface area contributed by atoms with Crippen LogP contribution in [0.1, 0.15) is 54.2 Å². The van der Waals surface area contributed by atoms with Crippen LogP contribution in [0.25, 0.3) is 38.7 Å². The van der Waals surface area contributed by atoms with Gasteiger partial charge in [0.05, 0.1) is 16.6 Å². The van der Waals surface area contributed by atoms with Gasteiger partial charge in [0.25, 0.3) is 6.71 Å². The zero-order chi connectivity index (χ0) is 25.9. The third-order valence-corrected chi connectivity index (χ3v) is 8.69. The number of fused-ring (bicyclic) bond motifs is 3. The lowest BCUT2D eigenvalue weighted by molar-refractivity contribution is 0.483. The van der Waals surface area contributed by atoms with Crippen molar-refractivity contribution in [2.24, 2.45) is 0 Å². The highest BCUT2D eigenvalue weighted by molar-refractivity contribution is 7.00. The fourth-order valence-corrected chi connectivity index (χ4v) is 6.73. The lowest BCUT2D eigenvalue weighted by Gasteiger charge is -2.33. The maximum Gasteiger partial charge on any atom is 0.307 e. The molecule has 0 saturated heterocycles. The van der Waals surface area contributed by atoms with Crippen molar-refractivity contribution in [3.63, 3.8) is 0 Å². The Balaban J connectivity index is 0.00000113. The van der Waals surface area contributed by atoms with E-state index in [1.54, 1.807) is 0 Å². The van der Waals surface area contributed by atoms with Crippen LogP contribution in [-0.4, -0.2) is 16.1 Å². The van der Waals surface area contributed by atoms with E-state index >= 15 is 0 Å². The molecule has 0 spiro atoms. The van der Waals surface area contributed by atoms with Crippen LogP contribution < -0.4 is 21.1 Å². The number of aryl methyl sites for hydroxylation is 5. The summed E-state index contributed by atoms with van der Waals surface area (Å²) in [6, 6.07) is 11.3. The smallest absolute Gasteiger partial charge is 0.307 e. The highest BCUT2D eigenvalue weighted by atomic mass is 16.5. The number of rotatable bonds is 1. The van der Waals surface area contributed by atoms with Gasteiger partial charge in [-0.2, -0.15) is 4.98 Å². The molecule has 0 bridgehead atoms. The van der Waals surface area contributed by atoms with Crippen LogP contribution in [0.4, 0.5) is 0 Å². The van der Waals surface area contributed by atoms with Crippen molar-refractivity contribution in [2.75, 3.05) is 0 Å². The first-order valence-electron chi connectivity index (χ1n) is 13.5. The second-order valence-corrected chi connectivity index (χ2v) is 10.5. The summed E-state index contributed by atoms with van der Waals surface area (Å²) in [5.41, 5.74) is 15.6. The lowest BCUT2D eigenvalue weighted by atomic mass is 9.34. The van der Waals surface area contributed by atoms with Crippen molar-refractivity contribution >= 4 is 61.9 Å². The van der Waals surface area contributed by atoms with Crippen molar-refractivity contribution in [3.05, 3.63) is 63.7 Å². The Kier molecular flexibility index (Phi) is 4.50. The average Bonchev–Trinajstić information content (AvgIpc) is 3.29. The molecule has 2 aromatic heterocycles. The zero-order valence-electron chi connectivity index (χ0n) is 22.9. The van der Waals surface area contributed by atoms with Crippen molar-refractivity contribution in [1.29, 1.82) is 0 Å². The van der Waals surface area contributed by atoms with Crippen LogP contribution in [0, 0.1) is 34.6 Å². The Hall–Kier alpha value is -3.73. The zero-order valence-corrected chi connectivity index (χ0v) is 22.9. The van der Waals surface area contributed by atoms with E-state index in [1.165, 1.54) is 54.9 Å². The van der Waals surface area contributed by atoms with Crippen LogP contribution in [0.15, 0.2) is 34.7 Å². The Labute approximate surface area is 217 Å². The molecule has 0 radical (unpaired) electrons. The maximum absolute atomic E-state index is 6.70. The van der Waals surface area contributed by atoms with Gasteiger partial charge in [-0.15, -0.1) is 0 Å². The molecule has 184 valence electrons. The van der Waals surface area contributed by atoms with Gasteiger partial charge in [-0.1, -0.05) is 39.0 Å². The predicted molar refractivity (Wildman–Crippen MR) is 156 cm³/mol. The van der Waals surface area contributed by atoms with E-state index in [9.17, 15) is 0 Å². The molecule has 0 fully saturated rings. The van der Waals surface area contributed by atoms with Gasteiger partial charge in [-0.3, -0.25) is 4.40 Å². The molecule has 0 amide bonds. The second-order valence-electron chi connectivity index (χ2n) is 10.5. The summed E-state index contributed by atoms with van der Waals surface area (Å²) in [7, 11) is 0. The first kappa shape index (κ1) is 22.5. The monoisotopic (exact) mass is 486 g/mol. The quantitative estimate of drug-likeness (QED) is 0.250. The Morgan fingerprint density at radius 1 is 0.838 bits per heavy atom. The Morgan fingerprint density at radius 3 is 2.32 bits per heavy atom. The van der Waals surface area contributed by atoms with Gasteiger partial charge >= 0.3 is 5.84 Å². The third kappa shape index (κ3) is 2.57. The molecular formula is C32H31BN2O2. The van der Waals surface area contributed by atoms with Gasteiger partial charge < -0.3 is 9.15 Å². The molecule has 2 aliphatic rings. The van der Waals surface area contributed by atoms with Crippen LogP contribution in [0.2, 0.25) is 0 Å². The fraction of sp³-hybridized carbons (Fsp3) is 0.281. The van der Waals surface area contributed by atoms with E-state index in [2.05, 4.69) is 76.3 Å². The SMILES string of the molecule is CC.CCc1ccc2oc3nc4c(C)c(C)c5c6c4n3c3c(cc(C)c1c23)B6c1cc(C)c(C)cc1O5. The molecule has 6 aromatic rings. The van der Waals surface area contributed by atoms with Gasteiger partial charge in [-0.25, -0.2) is 0 Å². The number of benzene rings is 4. The van der Waals surface area contributed by atoms with Gasteiger partial charge in [0.15, 0.2) is 0 Å². The molecule has 0 aliphatic carbocycles. The maximum atomic E-state index is 6.70. The lowest BCUT2D eigenvalue weighted by Crippen LogP contribution is -2.57. The Morgan fingerprint density at radius 2 is 1.57 bits per heavy atom. The molecular weight excluding hydrogens is 455 g/mol. The average molecular weight is 486 g/mol. The van der Waals surface area contributed by atoms with Gasteiger partial charge in [0, 0.05) is 5.39 Å². The summed E-state index contributed by atoms with van der Waals surface area (Å²) in [4.78, 5) is 5.07. The number of imidazole rings is 1. The Bertz CT molecular complexity index is 1980. The standard InChI is InChI=1S/C30H25BN2O2.C2H6/c1-7-18-8-9-21-24-23(18)15(4)11-20-27(24)33-28-25-29(17(6)16(5)26(28)32-30(33)35-21)34-22-12-14(3)13(2)10-19(22)31(20)25;1-2/h8-12H,7H2,1-6H3;1-2H3. The van der Waals surface area contributed by atoms with E-state index in [0.717, 1.165) is 45.7 Å². The molecule has 8 rings (SSSR count). The van der Waals surface area contributed by atoms with E-state index < -0.39 is 0 Å². The topological polar surface area (TPSA) is 39.7 Å². The summed E-state index contributed by atoms with van der Waals surface area (Å²) in [5.74, 6) is 2.61. The van der Waals surface area contributed by atoms with Crippen LogP contribution in [-0.2, 0) is 6.42 Å². The minimum atomic E-state index is 0.0984. The molecule has 0 saturated carbocycles. The summed E-state index contributed by atoms with van der Waals surface area (Å²) in [6.45, 7) is 17.2. The first-order chi connectivity index (χ1) is 17.9. The van der Waals surface area contributed by atoms with Crippen LogP contribution >= 0.6 is 0 Å². The summed E-state index contributed by atoms with van der Waals surface area (Å²) in [5, 5.41) is 2.53. The van der Waals surface area contributed by atoms with E-state index in [4.69, 9.17) is 14.1 Å². The number of hydrogen-bond acceptors (Lipinski definition) is 3. The minimum Gasteiger partial charge on any atom is -0.458 e. The van der Waals surface area contributed by atoms with Crippen molar-refractivity contribution in [3.8, 4) is 11.5 Å². The molecule has 5 heteroatoms. The molecule has 4 heterocycles. The second kappa shape index (κ2) is 7.41. The van der Waals surface area contributed by atoms with E-state index in [0.29, 0.717) is 5.84 Å². The molecule has 0 N–H and O–H groups in total. The van der Waals surface area contributed by atoms with Crippen molar-refractivity contribution < 1.29 is 9.15 Å². The van der Waals surface area contributed by atoms with Crippen LogP contribution in [0.5, 0.6) is 11.5 Å². The fourth-order valence-electron chi connectivity index (χ4n) is 6.73. The van der Waals surface area contributed by atoms with Crippen molar-refractivity contribution in [2.45, 2.75) is 61.8 Å². The van der Waals surface area contributed by atoms with E-state index in [-0.39, 0.29) is 6.71 Å². The van der Waals surface area contributed by atoms with Gasteiger partial charge in [0.2, 0.25) is 0 Å². The highest BCUT2D eigenvalue weighted by Crippen LogP contribution is 2.41. The summed E-state index contributed by atoms with van der Waals surface area (Å²) < 4.78 is 15.5. The molecule has 0 unspecified atom stereocenters. The van der Waals surface area contributed by atoms with Crippen molar-refractivity contribution in [1.82, 2.24) is 9.38 Å². The largest absolute Gasteiger partial charge is 0.458 e. The molecule has 4 nitrogen and oxygen atoms in total. The molecule has 37 heavy (non-hydrogen) atoms. The highest BCUT2D eigenvalue weighted by Gasteiger charge is 2.42. The van der Waals surface area contributed by atoms with Gasteiger partial charge in [0.1, 0.15) is 17.1 Å². The molecule has 2 aliphatic heterocycles. The minimum absolute atomic E-state index is 0.0984. The number of hydrogen-bond donors (Lipinski definition) is 0. The predicted octanol–water partition coefficient (Wildman–Crippen LogP) is 6.45. The summed E-state index contributed by atoms with van der Waals surface area (Å²) in [6.07, 6.45) is 0.986. The van der Waals surface area contributed by atoms with Crippen LogP contribution in [0.3, 0.4) is 0 Å². The molecule has 0 atom stereocenters.